The Hall–Kier alpha value is -0.760. The topological polar surface area (TPSA) is 25.2 Å². The van der Waals surface area contributed by atoms with Crippen molar-refractivity contribution in [3.8, 4) is 0 Å². The van der Waals surface area contributed by atoms with Crippen LogP contribution < -0.4 is 5.32 Å². The molecule has 0 spiro atoms. The van der Waals surface area contributed by atoms with Crippen LogP contribution in [0.4, 0.5) is 0 Å². The predicted molar refractivity (Wildman–Crippen MR) is 48.2 cm³/mol. The molecule has 1 atom stereocenters. The maximum atomic E-state index is 5.67. The van der Waals surface area contributed by atoms with Crippen LogP contribution in [0.25, 0.3) is 0 Å². The zero-order chi connectivity index (χ0) is 8.55. The van der Waals surface area contributed by atoms with Gasteiger partial charge in [0.05, 0.1) is 0 Å². The van der Waals surface area contributed by atoms with Crippen LogP contribution in [0.2, 0.25) is 0 Å². The molecule has 1 unspecified atom stereocenters. The first-order valence-corrected chi connectivity index (χ1v) is 4.64. The molecule has 1 aliphatic carbocycles. The average Bonchev–Trinajstić information content (AvgIpc) is 2.61. The number of hydrogen-bond acceptors (Lipinski definition) is 2. The Morgan fingerprint density at radius 2 is 2.50 bits per heavy atom. The van der Waals surface area contributed by atoms with E-state index in [1.54, 1.807) is 0 Å². The first kappa shape index (κ1) is 7.87. The van der Waals surface area contributed by atoms with Crippen molar-refractivity contribution in [2.75, 3.05) is 7.05 Å². The van der Waals surface area contributed by atoms with E-state index in [-0.39, 0.29) is 0 Å². The van der Waals surface area contributed by atoms with Crippen LogP contribution in [0, 0.1) is 0 Å². The molecule has 1 aromatic heterocycles. The lowest BCUT2D eigenvalue weighted by Gasteiger charge is -2.05. The third kappa shape index (κ3) is 1.07. The molecule has 12 heavy (non-hydrogen) atoms. The van der Waals surface area contributed by atoms with Crippen LogP contribution in [0.1, 0.15) is 36.5 Å². The van der Waals surface area contributed by atoms with Crippen molar-refractivity contribution >= 4 is 0 Å². The van der Waals surface area contributed by atoms with Crippen LogP contribution in [0.5, 0.6) is 0 Å². The summed E-state index contributed by atoms with van der Waals surface area (Å²) >= 11 is 0. The van der Waals surface area contributed by atoms with Crippen molar-refractivity contribution < 1.29 is 4.42 Å². The smallest absolute Gasteiger partial charge is 0.109 e. The maximum absolute atomic E-state index is 5.67. The minimum absolute atomic E-state index is 0.532. The lowest BCUT2D eigenvalue weighted by atomic mass is 10.1. The van der Waals surface area contributed by atoms with E-state index < -0.39 is 0 Å². The number of fused-ring (bicyclic) bond motifs is 1. The molecule has 0 fully saturated rings. The summed E-state index contributed by atoms with van der Waals surface area (Å²) in [5, 5.41) is 3.30. The average molecular weight is 165 g/mol. The van der Waals surface area contributed by atoms with E-state index in [1.807, 2.05) is 7.05 Å². The Morgan fingerprint density at radius 1 is 1.67 bits per heavy atom. The van der Waals surface area contributed by atoms with Crippen molar-refractivity contribution in [2.45, 2.75) is 32.2 Å². The minimum Gasteiger partial charge on any atom is -0.466 e. The van der Waals surface area contributed by atoms with Gasteiger partial charge in [0.2, 0.25) is 0 Å². The van der Waals surface area contributed by atoms with Crippen molar-refractivity contribution in [3.05, 3.63) is 23.2 Å². The maximum Gasteiger partial charge on any atom is 0.109 e. The third-order valence-electron chi connectivity index (χ3n) is 2.63. The Morgan fingerprint density at radius 3 is 3.17 bits per heavy atom. The first-order chi connectivity index (χ1) is 5.85. The van der Waals surface area contributed by atoms with E-state index in [4.69, 9.17) is 4.42 Å². The predicted octanol–water partition coefficient (Wildman–Crippen LogP) is 2.05. The lowest BCUT2D eigenvalue weighted by Crippen LogP contribution is -2.12. The normalized spacial score (nSPS) is 21.3. The molecule has 1 aromatic rings. The number of furan rings is 1. The summed E-state index contributed by atoms with van der Waals surface area (Å²) in [6, 6.07) is 2.73. The second-order valence-electron chi connectivity index (χ2n) is 3.32. The van der Waals surface area contributed by atoms with Gasteiger partial charge in [0, 0.05) is 24.4 Å². The highest BCUT2D eigenvalue weighted by molar-refractivity contribution is 5.29. The molecule has 0 amide bonds. The van der Waals surface area contributed by atoms with Gasteiger partial charge < -0.3 is 9.73 Å². The summed E-state index contributed by atoms with van der Waals surface area (Å²) in [5.41, 5.74) is 1.38. The summed E-state index contributed by atoms with van der Waals surface area (Å²) in [4.78, 5) is 0. The van der Waals surface area contributed by atoms with Gasteiger partial charge in [0.1, 0.15) is 11.5 Å². The Labute approximate surface area is 73.0 Å². The fourth-order valence-corrected chi connectivity index (χ4v) is 1.90. The third-order valence-corrected chi connectivity index (χ3v) is 2.63. The van der Waals surface area contributed by atoms with Crippen molar-refractivity contribution in [1.82, 2.24) is 5.32 Å². The quantitative estimate of drug-likeness (QED) is 0.725. The molecule has 2 heteroatoms. The first-order valence-electron chi connectivity index (χ1n) is 4.64. The van der Waals surface area contributed by atoms with Gasteiger partial charge in [0.15, 0.2) is 0 Å². The summed E-state index contributed by atoms with van der Waals surface area (Å²) < 4.78 is 5.67. The van der Waals surface area contributed by atoms with E-state index in [0.29, 0.717) is 6.04 Å². The lowest BCUT2D eigenvalue weighted by molar-refractivity contribution is 0.471. The highest BCUT2D eigenvalue weighted by atomic mass is 16.3. The van der Waals surface area contributed by atoms with Gasteiger partial charge in [-0.05, 0) is 19.5 Å². The molecule has 2 nitrogen and oxygen atoms in total. The summed E-state index contributed by atoms with van der Waals surface area (Å²) in [5.74, 6) is 2.33. The summed E-state index contributed by atoms with van der Waals surface area (Å²) in [6.45, 7) is 2.13. The SMILES string of the molecule is CCc1cc2c(o1)CCC2NC. The molecule has 0 radical (unpaired) electrons. The number of aryl methyl sites for hydroxylation is 2. The van der Waals surface area contributed by atoms with Crippen molar-refractivity contribution in [1.29, 1.82) is 0 Å². The van der Waals surface area contributed by atoms with E-state index in [9.17, 15) is 0 Å². The van der Waals surface area contributed by atoms with Crippen LogP contribution in [-0.2, 0) is 12.8 Å². The molecule has 66 valence electrons. The van der Waals surface area contributed by atoms with Crippen LogP contribution in [-0.4, -0.2) is 7.05 Å². The van der Waals surface area contributed by atoms with Crippen molar-refractivity contribution in [3.63, 3.8) is 0 Å². The number of nitrogens with one attached hydrogen (secondary N) is 1. The summed E-state index contributed by atoms with van der Waals surface area (Å²) in [6.07, 6.45) is 3.29. The molecule has 1 aliphatic rings. The standard InChI is InChI=1S/C10H15NO/c1-3-7-6-8-9(11-2)4-5-10(8)12-7/h6,9,11H,3-5H2,1-2H3. The van der Waals surface area contributed by atoms with E-state index in [2.05, 4.69) is 18.3 Å². The van der Waals surface area contributed by atoms with E-state index in [0.717, 1.165) is 18.6 Å². The van der Waals surface area contributed by atoms with Gasteiger partial charge in [0.25, 0.3) is 0 Å². The largest absolute Gasteiger partial charge is 0.466 e. The van der Waals surface area contributed by atoms with Crippen LogP contribution in [0.15, 0.2) is 10.5 Å². The minimum atomic E-state index is 0.532. The molecule has 1 N–H and O–H groups in total. The second kappa shape index (κ2) is 2.94. The molecule has 0 aliphatic heterocycles. The van der Waals surface area contributed by atoms with Gasteiger partial charge in [-0.1, -0.05) is 6.92 Å². The van der Waals surface area contributed by atoms with E-state index >= 15 is 0 Å². The highest BCUT2D eigenvalue weighted by Crippen LogP contribution is 2.33. The zero-order valence-electron chi connectivity index (χ0n) is 7.68. The van der Waals surface area contributed by atoms with Crippen molar-refractivity contribution in [2.24, 2.45) is 0 Å². The van der Waals surface area contributed by atoms with Gasteiger partial charge in [-0.2, -0.15) is 0 Å². The molecular formula is C10H15NO. The molecule has 1 heterocycles. The number of hydrogen-bond donors (Lipinski definition) is 1. The summed E-state index contributed by atoms with van der Waals surface area (Å²) in [7, 11) is 2.01. The zero-order valence-corrected chi connectivity index (χ0v) is 7.68. The fraction of sp³-hybridized carbons (Fsp3) is 0.600. The van der Waals surface area contributed by atoms with Gasteiger partial charge in [-0.25, -0.2) is 0 Å². The highest BCUT2D eigenvalue weighted by Gasteiger charge is 2.24. The van der Waals surface area contributed by atoms with Gasteiger partial charge in [-0.3, -0.25) is 0 Å². The molecule has 0 aromatic carbocycles. The molecule has 0 saturated heterocycles. The molecule has 0 bridgehead atoms. The molecule has 2 rings (SSSR count). The Balaban J connectivity index is 2.31. The van der Waals surface area contributed by atoms with Crippen LogP contribution >= 0.6 is 0 Å². The molecular weight excluding hydrogens is 150 g/mol. The monoisotopic (exact) mass is 165 g/mol. The second-order valence-corrected chi connectivity index (χ2v) is 3.32. The van der Waals surface area contributed by atoms with Gasteiger partial charge in [-0.15, -0.1) is 0 Å². The molecule has 0 saturated carbocycles. The Kier molecular flexibility index (Phi) is 1.93. The Bertz CT molecular complexity index is 277. The van der Waals surface area contributed by atoms with E-state index in [1.165, 1.54) is 17.7 Å². The van der Waals surface area contributed by atoms with Gasteiger partial charge >= 0.3 is 0 Å². The van der Waals surface area contributed by atoms with Crippen LogP contribution in [0.3, 0.4) is 0 Å². The number of rotatable bonds is 2. The fourth-order valence-electron chi connectivity index (χ4n) is 1.90.